The molecule has 0 N–H and O–H groups in total. The van der Waals surface area contributed by atoms with Gasteiger partial charge < -0.3 is 4.74 Å². The highest BCUT2D eigenvalue weighted by Crippen LogP contribution is 2.22. The van der Waals surface area contributed by atoms with E-state index in [1.54, 1.807) is 13.2 Å². The van der Waals surface area contributed by atoms with Crippen molar-refractivity contribution in [2.24, 2.45) is 0 Å². The van der Waals surface area contributed by atoms with E-state index in [1.165, 1.54) is 0 Å². The average Bonchev–Trinajstić information content (AvgIpc) is 2.40. The van der Waals surface area contributed by atoms with E-state index in [0.29, 0.717) is 11.6 Å². The van der Waals surface area contributed by atoms with Gasteiger partial charge in [-0.3, -0.25) is 9.69 Å². The molecular weight excluding hydrogens is 226 g/mol. The normalized spacial score (nSPS) is 11.0. The largest absolute Gasteiger partial charge is 0.496 e. The zero-order chi connectivity index (χ0) is 13.5. The third-order valence-electron chi connectivity index (χ3n) is 3.43. The second-order valence-electron chi connectivity index (χ2n) is 4.57. The molecule has 0 spiro atoms. The Morgan fingerprint density at radius 3 is 2.50 bits per heavy atom. The Balaban J connectivity index is 2.90. The molecule has 1 rings (SSSR count). The number of nitrogens with zero attached hydrogens (tertiary/aromatic N) is 1. The third-order valence-corrected chi connectivity index (χ3v) is 3.43. The molecule has 1 aromatic carbocycles. The predicted octanol–water partition coefficient (Wildman–Crippen LogP) is 3.13. The van der Waals surface area contributed by atoms with E-state index in [1.807, 2.05) is 12.1 Å². The van der Waals surface area contributed by atoms with Gasteiger partial charge in [-0.05, 0) is 38.1 Å². The number of methoxy groups -OCH3 is 1. The Hall–Kier alpha value is -1.35. The summed E-state index contributed by atoms with van der Waals surface area (Å²) in [6.07, 6.45) is 3.13. The van der Waals surface area contributed by atoms with Crippen molar-refractivity contribution in [3.05, 3.63) is 29.3 Å². The number of rotatable bonds is 7. The standard InChI is InChI=1S/C15H23NO2/c1-5-14(6-2)16(3)10-13-9-12(11-17)7-8-15(13)18-4/h7-9,11,14H,5-6,10H2,1-4H3. The van der Waals surface area contributed by atoms with E-state index in [9.17, 15) is 4.79 Å². The minimum Gasteiger partial charge on any atom is -0.496 e. The van der Waals surface area contributed by atoms with Gasteiger partial charge in [0, 0.05) is 23.7 Å². The van der Waals surface area contributed by atoms with Crippen molar-refractivity contribution < 1.29 is 9.53 Å². The van der Waals surface area contributed by atoms with Crippen molar-refractivity contribution in [1.29, 1.82) is 0 Å². The predicted molar refractivity (Wildman–Crippen MR) is 74.2 cm³/mol. The molecular formula is C15H23NO2. The molecule has 0 aliphatic carbocycles. The number of carbonyl (C=O) groups excluding carboxylic acids is 1. The molecule has 0 aliphatic heterocycles. The van der Waals surface area contributed by atoms with Gasteiger partial charge in [-0.15, -0.1) is 0 Å². The van der Waals surface area contributed by atoms with Gasteiger partial charge in [0.2, 0.25) is 0 Å². The maximum absolute atomic E-state index is 10.8. The van der Waals surface area contributed by atoms with Crippen LogP contribution in [0.3, 0.4) is 0 Å². The fraction of sp³-hybridized carbons (Fsp3) is 0.533. The fourth-order valence-corrected chi connectivity index (χ4v) is 2.31. The Labute approximate surface area is 110 Å². The summed E-state index contributed by atoms with van der Waals surface area (Å²) in [5.74, 6) is 0.846. The first-order chi connectivity index (χ1) is 8.65. The van der Waals surface area contributed by atoms with Gasteiger partial charge in [-0.25, -0.2) is 0 Å². The van der Waals surface area contributed by atoms with Crippen LogP contribution in [0, 0.1) is 0 Å². The Bertz CT molecular complexity index is 386. The van der Waals surface area contributed by atoms with Gasteiger partial charge in [-0.1, -0.05) is 13.8 Å². The lowest BCUT2D eigenvalue weighted by Gasteiger charge is -2.26. The first-order valence-electron chi connectivity index (χ1n) is 6.48. The van der Waals surface area contributed by atoms with Gasteiger partial charge >= 0.3 is 0 Å². The summed E-state index contributed by atoms with van der Waals surface area (Å²) in [4.78, 5) is 13.1. The highest BCUT2D eigenvalue weighted by Gasteiger charge is 2.13. The van der Waals surface area contributed by atoms with E-state index in [-0.39, 0.29) is 0 Å². The van der Waals surface area contributed by atoms with Gasteiger partial charge in [0.05, 0.1) is 7.11 Å². The molecule has 0 amide bonds. The van der Waals surface area contributed by atoms with Crippen molar-refractivity contribution in [3.63, 3.8) is 0 Å². The lowest BCUT2D eigenvalue weighted by molar-refractivity contribution is 0.112. The highest BCUT2D eigenvalue weighted by atomic mass is 16.5. The molecule has 0 heterocycles. The molecule has 18 heavy (non-hydrogen) atoms. The third kappa shape index (κ3) is 3.57. The molecule has 0 aromatic heterocycles. The van der Waals surface area contributed by atoms with E-state index in [2.05, 4.69) is 25.8 Å². The second-order valence-corrected chi connectivity index (χ2v) is 4.57. The minimum atomic E-state index is 0.564. The van der Waals surface area contributed by atoms with Gasteiger partial charge in [-0.2, -0.15) is 0 Å². The van der Waals surface area contributed by atoms with Crippen LogP contribution in [-0.4, -0.2) is 31.4 Å². The lowest BCUT2D eigenvalue weighted by Crippen LogP contribution is -2.30. The van der Waals surface area contributed by atoms with Gasteiger partial charge in [0.1, 0.15) is 12.0 Å². The fourth-order valence-electron chi connectivity index (χ4n) is 2.31. The Morgan fingerprint density at radius 2 is 2.00 bits per heavy atom. The smallest absolute Gasteiger partial charge is 0.150 e. The number of carbonyl (C=O) groups is 1. The molecule has 100 valence electrons. The number of ether oxygens (including phenoxy) is 1. The van der Waals surface area contributed by atoms with Crippen LogP contribution in [0.4, 0.5) is 0 Å². The number of benzene rings is 1. The van der Waals surface area contributed by atoms with Crippen molar-refractivity contribution in [1.82, 2.24) is 4.90 Å². The van der Waals surface area contributed by atoms with E-state index < -0.39 is 0 Å². The summed E-state index contributed by atoms with van der Waals surface area (Å²) in [5.41, 5.74) is 1.76. The maximum atomic E-state index is 10.8. The monoisotopic (exact) mass is 249 g/mol. The van der Waals surface area contributed by atoms with Crippen molar-refractivity contribution in [2.75, 3.05) is 14.2 Å². The average molecular weight is 249 g/mol. The van der Waals surface area contributed by atoms with Crippen LogP contribution in [0.5, 0.6) is 5.75 Å². The first-order valence-corrected chi connectivity index (χ1v) is 6.48. The van der Waals surface area contributed by atoms with Crippen LogP contribution in [0.1, 0.15) is 42.6 Å². The summed E-state index contributed by atoms with van der Waals surface area (Å²) in [6, 6.07) is 6.12. The minimum absolute atomic E-state index is 0.564. The number of hydrogen-bond acceptors (Lipinski definition) is 3. The molecule has 3 nitrogen and oxygen atoms in total. The summed E-state index contributed by atoms with van der Waals surface area (Å²) < 4.78 is 5.35. The van der Waals surface area contributed by atoms with E-state index in [4.69, 9.17) is 4.74 Å². The molecule has 0 aliphatic rings. The summed E-state index contributed by atoms with van der Waals surface area (Å²) in [6.45, 7) is 5.20. The van der Waals surface area contributed by atoms with Crippen LogP contribution in [0.2, 0.25) is 0 Å². The van der Waals surface area contributed by atoms with Crippen LogP contribution in [0.15, 0.2) is 18.2 Å². The summed E-state index contributed by atoms with van der Waals surface area (Å²) in [5, 5.41) is 0. The zero-order valence-corrected chi connectivity index (χ0v) is 11.8. The summed E-state index contributed by atoms with van der Waals surface area (Å²) in [7, 11) is 3.78. The highest BCUT2D eigenvalue weighted by molar-refractivity contribution is 5.75. The Kier molecular flexibility index (Phi) is 5.86. The summed E-state index contributed by atoms with van der Waals surface area (Å²) >= 11 is 0. The van der Waals surface area contributed by atoms with E-state index in [0.717, 1.165) is 37.0 Å². The van der Waals surface area contributed by atoms with Crippen LogP contribution in [-0.2, 0) is 6.54 Å². The van der Waals surface area contributed by atoms with Crippen molar-refractivity contribution in [3.8, 4) is 5.75 Å². The van der Waals surface area contributed by atoms with Crippen molar-refractivity contribution in [2.45, 2.75) is 39.3 Å². The molecule has 3 heteroatoms. The molecule has 0 atom stereocenters. The molecule has 0 radical (unpaired) electrons. The van der Waals surface area contributed by atoms with Crippen molar-refractivity contribution >= 4 is 6.29 Å². The maximum Gasteiger partial charge on any atom is 0.150 e. The van der Waals surface area contributed by atoms with E-state index >= 15 is 0 Å². The Morgan fingerprint density at radius 1 is 1.33 bits per heavy atom. The topological polar surface area (TPSA) is 29.5 Å². The quantitative estimate of drug-likeness (QED) is 0.695. The van der Waals surface area contributed by atoms with Gasteiger partial charge in [0.15, 0.2) is 0 Å². The van der Waals surface area contributed by atoms with Gasteiger partial charge in [0.25, 0.3) is 0 Å². The molecule has 0 saturated heterocycles. The molecule has 1 aromatic rings. The molecule has 0 saturated carbocycles. The molecule has 0 bridgehead atoms. The second kappa shape index (κ2) is 7.17. The number of aldehydes is 1. The number of hydrogen-bond donors (Lipinski definition) is 0. The van der Waals surface area contributed by atoms with Crippen LogP contribution < -0.4 is 4.74 Å². The first kappa shape index (κ1) is 14.7. The SMILES string of the molecule is CCC(CC)N(C)Cc1cc(C=O)ccc1OC. The van der Waals surface area contributed by atoms with Crippen LogP contribution >= 0.6 is 0 Å². The molecule has 0 fully saturated rings. The lowest BCUT2D eigenvalue weighted by atomic mass is 10.1. The molecule has 0 unspecified atom stereocenters. The zero-order valence-electron chi connectivity index (χ0n) is 11.8. The van der Waals surface area contributed by atoms with Crippen LogP contribution in [0.25, 0.3) is 0 Å².